The molecule has 0 aliphatic carbocycles. The summed E-state index contributed by atoms with van der Waals surface area (Å²) in [7, 11) is 7.02. The number of rotatable bonds is 33. The van der Waals surface area contributed by atoms with Crippen LogP contribution in [0.1, 0.15) is 154 Å². The summed E-state index contributed by atoms with van der Waals surface area (Å²) < 4.78 is 9.35. The van der Waals surface area contributed by atoms with Crippen molar-refractivity contribution in [2.24, 2.45) is 0 Å². The summed E-state index contributed by atoms with van der Waals surface area (Å²) in [6.45, 7) is 2.73. The first-order valence-corrected chi connectivity index (χ1v) is 19.9. The van der Waals surface area contributed by atoms with Crippen LogP contribution in [-0.4, -0.2) is 80.7 Å². The molecule has 0 saturated heterocycles. The van der Waals surface area contributed by atoms with Crippen molar-refractivity contribution in [3.63, 3.8) is 0 Å². The first-order chi connectivity index (χ1) is 22.9. The SMILES string of the molecule is COC(=O)CCCCC/C=C\CCCCCCCCN(CCCCCCCC/C=C\CCCCCC(=O)OC)C(=O)SCCN(C)C. The average molecular weight is 681 g/mol. The van der Waals surface area contributed by atoms with Gasteiger partial charge in [-0.3, -0.25) is 14.4 Å². The molecule has 0 aromatic rings. The molecule has 0 aliphatic rings. The van der Waals surface area contributed by atoms with E-state index in [9.17, 15) is 14.4 Å². The number of carbonyl (C=O) groups excluding carboxylic acids is 3. The fourth-order valence-electron chi connectivity index (χ4n) is 5.34. The summed E-state index contributed by atoms with van der Waals surface area (Å²) >= 11 is 1.49. The van der Waals surface area contributed by atoms with Gasteiger partial charge < -0.3 is 19.3 Å². The summed E-state index contributed by atoms with van der Waals surface area (Å²) in [6, 6.07) is 0. The lowest BCUT2D eigenvalue weighted by Gasteiger charge is -2.22. The van der Waals surface area contributed by atoms with Crippen molar-refractivity contribution in [3.05, 3.63) is 24.3 Å². The number of ether oxygens (including phenoxy) is 2. The van der Waals surface area contributed by atoms with Gasteiger partial charge in [0.25, 0.3) is 5.24 Å². The van der Waals surface area contributed by atoms with Gasteiger partial charge >= 0.3 is 11.9 Å². The van der Waals surface area contributed by atoms with Gasteiger partial charge in [0.15, 0.2) is 0 Å². The molecule has 7 nitrogen and oxygen atoms in total. The summed E-state index contributed by atoms with van der Waals surface area (Å²) in [5.74, 6) is 0.650. The Morgan fingerprint density at radius 3 is 1.19 bits per heavy atom. The van der Waals surface area contributed by atoms with E-state index in [1.807, 2.05) is 0 Å². The number of unbranched alkanes of at least 4 members (excludes halogenated alkanes) is 18. The third-order valence-electron chi connectivity index (χ3n) is 8.41. The second kappa shape index (κ2) is 35.5. The number of methoxy groups -OCH3 is 2. The van der Waals surface area contributed by atoms with Crippen molar-refractivity contribution in [1.82, 2.24) is 9.80 Å². The molecule has 0 aliphatic heterocycles. The van der Waals surface area contributed by atoms with Crippen molar-refractivity contribution < 1.29 is 23.9 Å². The zero-order chi connectivity index (χ0) is 34.6. The maximum absolute atomic E-state index is 13.0. The molecule has 0 rings (SSSR count). The molecular formula is C39H72N2O5S. The standard InChI is InChI=1S/C39H72N2O5S/c1-40(2)35-36-47-39(44)41(33-29-25-21-17-13-9-5-7-11-15-19-23-27-31-37(42)45-3)34-30-26-22-18-14-10-6-8-12-16-20-24-28-32-38(43)46-4/h7-8,11-12H,5-6,9-10,13-36H2,1-4H3/b11-7-,12-8-. The summed E-state index contributed by atoms with van der Waals surface area (Å²) in [6.07, 6.45) is 35.9. The molecule has 0 saturated carbocycles. The summed E-state index contributed by atoms with van der Waals surface area (Å²) in [4.78, 5) is 39.5. The molecule has 0 atom stereocenters. The van der Waals surface area contributed by atoms with Crippen LogP contribution in [0.3, 0.4) is 0 Å². The zero-order valence-electron chi connectivity index (χ0n) is 31.0. The van der Waals surface area contributed by atoms with Gasteiger partial charge in [-0.1, -0.05) is 100 Å². The maximum atomic E-state index is 13.0. The van der Waals surface area contributed by atoms with Gasteiger partial charge in [-0.25, -0.2) is 0 Å². The summed E-state index contributed by atoms with van der Waals surface area (Å²) in [5.41, 5.74) is 0. The highest BCUT2D eigenvalue weighted by Crippen LogP contribution is 2.15. The van der Waals surface area contributed by atoms with Crippen molar-refractivity contribution >= 4 is 28.9 Å². The van der Waals surface area contributed by atoms with Gasteiger partial charge in [-0.15, -0.1) is 0 Å². The van der Waals surface area contributed by atoms with Crippen LogP contribution in [0.2, 0.25) is 0 Å². The molecule has 274 valence electrons. The monoisotopic (exact) mass is 681 g/mol. The third-order valence-corrected chi connectivity index (χ3v) is 9.30. The van der Waals surface area contributed by atoms with E-state index in [-0.39, 0.29) is 17.2 Å². The Labute approximate surface area is 294 Å². The van der Waals surface area contributed by atoms with E-state index in [4.69, 9.17) is 0 Å². The third kappa shape index (κ3) is 33.9. The Morgan fingerprint density at radius 1 is 0.489 bits per heavy atom. The molecular weight excluding hydrogens is 609 g/mol. The van der Waals surface area contributed by atoms with Gasteiger partial charge in [0, 0.05) is 38.2 Å². The van der Waals surface area contributed by atoms with Gasteiger partial charge in [0.2, 0.25) is 0 Å². The highest BCUT2D eigenvalue weighted by atomic mass is 32.2. The molecule has 1 amide bonds. The van der Waals surface area contributed by atoms with Crippen molar-refractivity contribution in [3.8, 4) is 0 Å². The van der Waals surface area contributed by atoms with Crippen LogP contribution in [0.5, 0.6) is 0 Å². The molecule has 0 bridgehead atoms. The zero-order valence-corrected chi connectivity index (χ0v) is 31.8. The number of carbonyl (C=O) groups is 3. The van der Waals surface area contributed by atoms with Crippen molar-refractivity contribution in [1.29, 1.82) is 0 Å². The Bertz CT molecular complexity index is 750. The molecule has 0 fully saturated rings. The number of thioether (sulfide) groups is 1. The molecule has 47 heavy (non-hydrogen) atoms. The minimum absolute atomic E-state index is 0.104. The number of esters is 2. The second-order valence-corrected chi connectivity index (χ2v) is 14.1. The largest absolute Gasteiger partial charge is 0.469 e. The Hall–Kier alpha value is -1.80. The van der Waals surface area contributed by atoms with E-state index in [0.717, 1.165) is 102 Å². The predicted molar refractivity (Wildman–Crippen MR) is 201 cm³/mol. The first-order valence-electron chi connectivity index (χ1n) is 18.9. The smallest absolute Gasteiger partial charge is 0.305 e. The van der Waals surface area contributed by atoms with Gasteiger partial charge in [-0.2, -0.15) is 0 Å². The van der Waals surface area contributed by atoms with E-state index < -0.39 is 0 Å². The Kier molecular flexibility index (Phi) is 34.1. The van der Waals surface area contributed by atoms with E-state index >= 15 is 0 Å². The lowest BCUT2D eigenvalue weighted by atomic mass is 10.1. The number of amides is 1. The Morgan fingerprint density at radius 2 is 0.830 bits per heavy atom. The molecule has 0 aromatic heterocycles. The van der Waals surface area contributed by atoms with Crippen LogP contribution in [0.25, 0.3) is 0 Å². The molecule has 8 heteroatoms. The van der Waals surface area contributed by atoms with Crippen LogP contribution < -0.4 is 0 Å². The lowest BCUT2D eigenvalue weighted by molar-refractivity contribution is -0.141. The van der Waals surface area contributed by atoms with Gasteiger partial charge in [-0.05, 0) is 91.1 Å². The van der Waals surface area contributed by atoms with E-state index in [2.05, 4.69) is 57.7 Å². The number of hydrogen-bond donors (Lipinski definition) is 0. The van der Waals surface area contributed by atoms with Crippen molar-refractivity contribution in [2.45, 2.75) is 154 Å². The van der Waals surface area contributed by atoms with E-state index in [1.165, 1.54) is 90.2 Å². The fourth-order valence-corrected chi connectivity index (χ4v) is 6.33. The highest BCUT2D eigenvalue weighted by molar-refractivity contribution is 8.13. The minimum atomic E-state index is -0.104. The van der Waals surface area contributed by atoms with Crippen molar-refractivity contribution in [2.75, 3.05) is 53.7 Å². The summed E-state index contributed by atoms with van der Waals surface area (Å²) in [5, 5.41) is 0.261. The van der Waals surface area contributed by atoms with Crippen LogP contribution in [0.4, 0.5) is 4.79 Å². The van der Waals surface area contributed by atoms with Crippen LogP contribution in [0.15, 0.2) is 24.3 Å². The molecule has 0 radical (unpaired) electrons. The van der Waals surface area contributed by atoms with E-state index in [0.29, 0.717) is 12.8 Å². The topological polar surface area (TPSA) is 76.1 Å². The first kappa shape index (κ1) is 45.2. The number of hydrogen-bond acceptors (Lipinski definition) is 7. The molecule has 0 unspecified atom stereocenters. The lowest BCUT2D eigenvalue weighted by Crippen LogP contribution is -2.30. The number of allylic oxidation sites excluding steroid dienone is 4. The van der Waals surface area contributed by atoms with E-state index in [1.54, 1.807) is 0 Å². The van der Waals surface area contributed by atoms with Gasteiger partial charge in [0.1, 0.15) is 0 Å². The molecule has 0 spiro atoms. The minimum Gasteiger partial charge on any atom is -0.469 e. The highest BCUT2D eigenvalue weighted by Gasteiger charge is 2.13. The Balaban J connectivity index is 3.94. The normalized spacial score (nSPS) is 11.6. The predicted octanol–water partition coefficient (Wildman–Crippen LogP) is 10.5. The fraction of sp³-hybridized carbons (Fsp3) is 0.821. The maximum Gasteiger partial charge on any atom is 0.305 e. The molecule has 0 N–H and O–H groups in total. The van der Waals surface area contributed by atoms with Crippen LogP contribution >= 0.6 is 11.8 Å². The second-order valence-electron chi connectivity index (χ2n) is 13.0. The molecule has 0 heterocycles. The average Bonchev–Trinajstić information content (AvgIpc) is 3.06. The van der Waals surface area contributed by atoms with Crippen LogP contribution in [-0.2, 0) is 19.1 Å². The number of nitrogens with zero attached hydrogens (tertiary/aromatic N) is 2. The van der Waals surface area contributed by atoms with Crippen LogP contribution in [0, 0.1) is 0 Å². The molecule has 0 aromatic carbocycles. The van der Waals surface area contributed by atoms with Gasteiger partial charge in [0.05, 0.1) is 14.2 Å². The quantitative estimate of drug-likeness (QED) is 0.0388.